The Morgan fingerprint density at radius 2 is 2.00 bits per heavy atom. The van der Waals surface area contributed by atoms with Gasteiger partial charge >= 0.3 is 11.9 Å². The molecule has 7 heteroatoms. The molecule has 1 aliphatic heterocycles. The van der Waals surface area contributed by atoms with Crippen LogP contribution < -0.4 is 0 Å². The second-order valence-electron chi connectivity index (χ2n) is 4.09. The van der Waals surface area contributed by atoms with Crippen molar-refractivity contribution in [3.63, 3.8) is 0 Å². The van der Waals surface area contributed by atoms with Crippen LogP contribution in [-0.2, 0) is 19.1 Å². The van der Waals surface area contributed by atoms with Crippen molar-refractivity contribution < 1.29 is 29.3 Å². The molecule has 0 aliphatic carbocycles. The SMILES string of the molecule is CCOC(=O)CCC(=O)N1CC(O)C[C@H]1C(=O)O. The Labute approximate surface area is 104 Å². The zero-order valence-electron chi connectivity index (χ0n) is 10.2. The number of carbonyl (C=O) groups is 3. The highest BCUT2D eigenvalue weighted by Crippen LogP contribution is 2.19. The second kappa shape index (κ2) is 6.34. The highest BCUT2D eigenvalue weighted by molar-refractivity contribution is 5.86. The van der Waals surface area contributed by atoms with Gasteiger partial charge in [0.15, 0.2) is 0 Å². The number of nitrogens with zero attached hydrogens (tertiary/aromatic N) is 1. The quantitative estimate of drug-likeness (QED) is 0.637. The summed E-state index contributed by atoms with van der Waals surface area (Å²) in [4.78, 5) is 34.9. The molecule has 102 valence electrons. The monoisotopic (exact) mass is 259 g/mol. The molecule has 2 N–H and O–H groups in total. The van der Waals surface area contributed by atoms with Crippen molar-refractivity contribution in [2.24, 2.45) is 0 Å². The second-order valence-corrected chi connectivity index (χ2v) is 4.09. The average Bonchev–Trinajstić information content (AvgIpc) is 2.69. The Morgan fingerprint density at radius 3 is 2.56 bits per heavy atom. The Kier molecular flexibility index (Phi) is 5.08. The van der Waals surface area contributed by atoms with Gasteiger partial charge in [-0.05, 0) is 6.92 Å². The van der Waals surface area contributed by atoms with Gasteiger partial charge in [0.05, 0.1) is 19.1 Å². The summed E-state index contributed by atoms with van der Waals surface area (Å²) in [5.74, 6) is -2.08. The van der Waals surface area contributed by atoms with Crippen LogP contribution in [-0.4, -0.2) is 58.3 Å². The van der Waals surface area contributed by atoms with Crippen molar-refractivity contribution in [3.05, 3.63) is 0 Å². The number of carboxylic acid groups (broad SMARTS) is 1. The van der Waals surface area contributed by atoms with Gasteiger partial charge in [0, 0.05) is 19.4 Å². The van der Waals surface area contributed by atoms with Gasteiger partial charge in [0.25, 0.3) is 0 Å². The Morgan fingerprint density at radius 1 is 1.33 bits per heavy atom. The Balaban J connectivity index is 2.50. The smallest absolute Gasteiger partial charge is 0.326 e. The van der Waals surface area contributed by atoms with Crippen molar-refractivity contribution in [2.45, 2.75) is 38.3 Å². The summed E-state index contributed by atoms with van der Waals surface area (Å²) >= 11 is 0. The number of aliphatic hydroxyl groups excluding tert-OH is 1. The standard InChI is InChI=1S/C11H17NO6/c1-2-18-10(15)4-3-9(14)12-6-7(13)5-8(12)11(16)17/h7-8,13H,2-6H2,1H3,(H,16,17)/t7?,8-/m0/s1. The number of carbonyl (C=O) groups excluding carboxylic acids is 2. The van der Waals surface area contributed by atoms with Gasteiger partial charge in [-0.2, -0.15) is 0 Å². The normalized spacial score (nSPS) is 22.9. The van der Waals surface area contributed by atoms with Gasteiger partial charge in [0.1, 0.15) is 6.04 Å². The van der Waals surface area contributed by atoms with E-state index in [1.807, 2.05) is 0 Å². The van der Waals surface area contributed by atoms with Crippen molar-refractivity contribution in [1.82, 2.24) is 4.90 Å². The topological polar surface area (TPSA) is 104 Å². The molecule has 1 amide bonds. The first-order valence-electron chi connectivity index (χ1n) is 5.81. The number of esters is 1. The lowest BCUT2D eigenvalue weighted by atomic mass is 10.2. The van der Waals surface area contributed by atoms with E-state index in [2.05, 4.69) is 4.74 Å². The van der Waals surface area contributed by atoms with Gasteiger partial charge in [-0.3, -0.25) is 9.59 Å². The van der Waals surface area contributed by atoms with Gasteiger partial charge in [0.2, 0.25) is 5.91 Å². The van der Waals surface area contributed by atoms with Gasteiger partial charge in [-0.1, -0.05) is 0 Å². The molecule has 2 atom stereocenters. The number of aliphatic hydroxyl groups is 1. The summed E-state index contributed by atoms with van der Waals surface area (Å²) in [5, 5.41) is 18.3. The van der Waals surface area contributed by atoms with E-state index < -0.39 is 30.0 Å². The number of aliphatic carboxylic acids is 1. The number of amides is 1. The molecule has 0 saturated carbocycles. The van der Waals surface area contributed by atoms with E-state index in [0.717, 1.165) is 4.90 Å². The maximum atomic E-state index is 11.8. The molecule has 1 unspecified atom stereocenters. The summed E-state index contributed by atoms with van der Waals surface area (Å²) in [6.45, 7) is 1.91. The lowest BCUT2D eigenvalue weighted by Gasteiger charge is -2.20. The third-order valence-electron chi connectivity index (χ3n) is 2.73. The number of ether oxygens (including phenoxy) is 1. The van der Waals surface area contributed by atoms with Crippen LogP contribution in [0.2, 0.25) is 0 Å². The van der Waals surface area contributed by atoms with E-state index in [4.69, 9.17) is 5.11 Å². The van der Waals surface area contributed by atoms with Crippen LogP contribution in [0.4, 0.5) is 0 Å². The molecule has 0 aromatic rings. The van der Waals surface area contributed by atoms with Crippen LogP contribution in [0, 0.1) is 0 Å². The number of rotatable bonds is 5. The number of likely N-dealkylation sites (tertiary alicyclic amines) is 1. The predicted molar refractivity (Wildman–Crippen MR) is 59.6 cm³/mol. The zero-order valence-corrected chi connectivity index (χ0v) is 10.2. The minimum absolute atomic E-state index is 0.00136. The van der Waals surface area contributed by atoms with Crippen LogP contribution in [0.5, 0.6) is 0 Å². The lowest BCUT2D eigenvalue weighted by Crippen LogP contribution is -2.40. The number of hydrogen-bond donors (Lipinski definition) is 2. The molecule has 1 heterocycles. The minimum atomic E-state index is -1.14. The lowest BCUT2D eigenvalue weighted by molar-refractivity contribution is -0.149. The molecule has 7 nitrogen and oxygen atoms in total. The molecular formula is C11H17NO6. The molecule has 0 radical (unpaired) electrons. The molecule has 0 bridgehead atoms. The van der Waals surface area contributed by atoms with E-state index in [1.54, 1.807) is 6.92 Å². The first-order valence-corrected chi connectivity index (χ1v) is 5.81. The van der Waals surface area contributed by atoms with Crippen molar-refractivity contribution in [2.75, 3.05) is 13.2 Å². The number of hydrogen-bond acceptors (Lipinski definition) is 5. The van der Waals surface area contributed by atoms with E-state index in [9.17, 15) is 19.5 Å². The summed E-state index contributed by atoms with van der Waals surface area (Å²) in [6.07, 6.45) is -0.973. The first-order chi connectivity index (χ1) is 8.45. The van der Waals surface area contributed by atoms with Crippen molar-refractivity contribution >= 4 is 17.8 Å². The fraction of sp³-hybridized carbons (Fsp3) is 0.727. The summed E-state index contributed by atoms with van der Waals surface area (Å²) in [7, 11) is 0. The third-order valence-corrected chi connectivity index (χ3v) is 2.73. The van der Waals surface area contributed by atoms with Gasteiger partial charge < -0.3 is 19.8 Å². The molecule has 0 aromatic heterocycles. The maximum Gasteiger partial charge on any atom is 0.326 e. The largest absolute Gasteiger partial charge is 0.480 e. The number of β-amino-alcohol motifs (C(OH)–C–C–N with tert-alkyl or cyclic N) is 1. The zero-order chi connectivity index (χ0) is 13.7. The molecule has 0 spiro atoms. The average molecular weight is 259 g/mol. The molecular weight excluding hydrogens is 242 g/mol. The van der Waals surface area contributed by atoms with Gasteiger partial charge in [-0.15, -0.1) is 0 Å². The van der Waals surface area contributed by atoms with Crippen LogP contribution >= 0.6 is 0 Å². The predicted octanol–water partition coefficient (Wildman–Crippen LogP) is -0.624. The molecule has 0 aromatic carbocycles. The van der Waals surface area contributed by atoms with Crippen molar-refractivity contribution in [1.29, 1.82) is 0 Å². The molecule has 18 heavy (non-hydrogen) atoms. The molecule has 1 saturated heterocycles. The van der Waals surface area contributed by atoms with E-state index >= 15 is 0 Å². The fourth-order valence-electron chi connectivity index (χ4n) is 1.91. The molecule has 1 rings (SSSR count). The Hall–Kier alpha value is -1.63. The van der Waals surface area contributed by atoms with Crippen molar-refractivity contribution in [3.8, 4) is 0 Å². The van der Waals surface area contributed by atoms with Gasteiger partial charge in [-0.25, -0.2) is 4.79 Å². The molecule has 1 aliphatic rings. The van der Waals surface area contributed by atoms with Crippen LogP contribution in [0.15, 0.2) is 0 Å². The summed E-state index contributed by atoms with van der Waals surface area (Å²) in [5.41, 5.74) is 0. The first kappa shape index (κ1) is 14.4. The highest BCUT2D eigenvalue weighted by Gasteiger charge is 2.38. The number of carboxylic acids is 1. The van der Waals surface area contributed by atoms with Crippen LogP contribution in [0.3, 0.4) is 0 Å². The van der Waals surface area contributed by atoms with E-state index in [-0.39, 0.29) is 32.4 Å². The van der Waals surface area contributed by atoms with Crippen LogP contribution in [0.25, 0.3) is 0 Å². The third kappa shape index (κ3) is 3.69. The summed E-state index contributed by atoms with van der Waals surface area (Å²) < 4.78 is 4.67. The minimum Gasteiger partial charge on any atom is -0.480 e. The highest BCUT2D eigenvalue weighted by atomic mass is 16.5. The van der Waals surface area contributed by atoms with E-state index in [1.165, 1.54) is 0 Å². The maximum absolute atomic E-state index is 11.8. The fourth-order valence-corrected chi connectivity index (χ4v) is 1.91. The molecule has 1 fully saturated rings. The van der Waals surface area contributed by atoms with E-state index in [0.29, 0.717) is 0 Å². The summed E-state index contributed by atoms with van der Waals surface area (Å²) in [6, 6.07) is -1.00. The Bertz CT molecular complexity index is 342. The van der Waals surface area contributed by atoms with Crippen LogP contribution in [0.1, 0.15) is 26.2 Å².